The van der Waals surface area contributed by atoms with Crippen LogP contribution in [0.15, 0.2) is 42.5 Å². The van der Waals surface area contributed by atoms with E-state index in [4.69, 9.17) is 9.47 Å². The smallest absolute Gasteiger partial charge is 0.251 e. The standard InChI is InChI=1S/C26H32N6O4/c1-17-9-11-19(12-10-17)25-28-30-31(29-25)16-24(33)32(18(2)26(34)27-20-7-5-6-8-20)21-13-14-22(35-3)23(15-21)36-4/h9-15,18,20H,5-8,16H2,1-4H3,(H,27,34)/t18-/m1/s1. The Balaban J connectivity index is 1.59. The first-order valence-corrected chi connectivity index (χ1v) is 12.1. The van der Waals surface area contributed by atoms with Gasteiger partial charge in [0.25, 0.3) is 5.91 Å². The van der Waals surface area contributed by atoms with Gasteiger partial charge in [-0.15, -0.1) is 10.2 Å². The molecule has 0 radical (unpaired) electrons. The van der Waals surface area contributed by atoms with E-state index in [-0.39, 0.29) is 24.4 Å². The van der Waals surface area contributed by atoms with Gasteiger partial charge in [-0.3, -0.25) is 14.5 Å². The van der Waals surface area contributed by atoms with E-state index in [2.05, 4.69) is 20.7 Å². The van der Waals surface area contributed by atoms with Gasteiger partial charge in [0.1, 0.15) is 12.6 Å². The van der Waals surface area contributed by atoms with Gasteiger partial charge in [-0.1, -0.05) is 42.7 Å². The molecule has 3 aromatic rings. The molecular formula is C26H32N6O4. The molecule has 1 aliphatic carbocycles. The summed E-state index contributed by atoms with van der Waals surface area (Å²) < 4.78 is 10.8. The van der Waals surface area contributed by atoms with Crippen LogP contribution < -0.4 is 19.7 Å². The first kappa shape index (κ1) is 25.2. The van der Waals surface area contributed by atoms with E-state index in [9.17, 15) is 9.59 Å². The van der Waals surface area contributed by atoms with Crippen LogP contribution in [-0.2, 0) is 16.1 Å². The highest BCUT2D eigenvalue weighted by molar-refractivity contribution is 6.00. The molecule has 190 valence electrons. The number of hydrogen-bond donors (Lipinski definition) is 1. The summed E-state index contributed by atoms with van der Waals surface area (Å²) in [6.07, 6.45) is 4.10. The lowest BCUT2D eigenvalue weighted by Gasteiger charge is -2.30. The molecule has 10 nitrogen and oxygen atoms in total. The summed E-state index contributed by atoms with van der Waals surface area (Å²) in [5.74, 6) is 0.836. The number of carbonyl (C=O) groups excluding carboxylic acids is 2. The molecule has 0 spiro atoms. The third-order valence-electron chi connectivity index (χ3n) is 6.42. The lowest BCUT2D eigenvalue weighted by molar-refractivity contribution is -0.127. The molecule has 2 aromatic carbocycles. The Labute approximate surface area is 210 Å². The summed E-state index contributed by atoms with van der Waals surface area (Å²) in [6.45, 7) is 3.53. The highest BCUT2D eigenvalue weighted by atomic mass is 16.5. The third kappa shape index (κ3) is 5.64. The molecule has 4 rings (SSSR count). The van der Waals surface area contributed by atoms with Crippen LogP contribution in [0, 0.1) is 6.92 Å². The van der Waals surface area contributed by atoms with Crippen molar-refractivity contribution in [2.45, 2.75) is 58.2 Å². The Bertz CT molecular complexity index is 1200. The zero-order valence-electron chi connectivity index (χ0n) is 21.1. The fraction of sp³-hybridized carbons (Fsp3) is 0.423. The Morgan fingerprint density at radius 2 is 1.78 bits per heavy atom. The average molecular weight is 493 g/mol. The maximum Gasteiger partial charge on any atom is 0.251 e. The van der Waals surface area contributed by atoms with E-state index in [1.807, 2.05) is 31.2 Å². The molecule has 1 aliphatic rings. The van der Waals surface area contributed by atoms with E-state index in [1.165, 1.54) is 16.8 Å². The summed E-state index contributed by atoms with van der Waals surface area (Å²) in [6, 6.07) is 12.2. The normalized spacial score (nSPS) is 14.3. The van der Waals surface area contributed by atoms with Crippen molar-refractivity contribution in [3.05, 3.63) is 48.0 Å². The number of amides is 2. The number of benzene rings is 2. The lowest BCUT2D eigenvalue weighted by Crippen LogP contribution is -2.51. The fourth-order valence-corrected chi connectivity index (χ4v) is 4.39. The molecule has 1 N–H and O–H groups in total. The van der Waals surface area contributed by atoms with Gasteiger partial charge < -0.3 is 14.8 Å². The topological polar surface area (TPSA) is 111 Å². The Hall–Kier alpha value is -3.95. The summed E-state index contributed by atoms with van der Waals surface area (Å²) in [5, 5.41) is 15.6. The van der Waals surface area contributed by atoms with Gasteiger partial charge in [0.15, 0.2) is 11.5 Å². The van der Waals surface area contributed by atoms with Crippen LogP contribution in [0.25, 0.3) is 11.4 Å². The van der Waals surface area contributed by atoms with E-state index >= 15 is 0 Å². The van der Waals surface area contributed by atoms with Crippen molar-refractivity contribution < 1.29 is 19.1 Å². The van der Waals surface area contributed by atoms with Crippen LogP contribution in [0.5, 0.6) is 11.5 Å². The lowest BCUT2D eigenvalue weighted by atomic mass is 10.1. The molecule has 36 heavy (non-hydrogen) atoms. The summed E-state index contributed by atoms with van der Waals surface area (Å²) in [4.78, 5) is 29.4. The highest BCUT2D eigenvalue weighted by Crippen LogP contribution is 2.32. The number of anilines is 1. The van der Waals surface area contributed by atoms with Crippen LogP contribution in [0.3, 0.4) is 0 Å². The van der Waals surface area contributed by atoms with Crippen molar-refractivity contribution in [3.63, 3.8) is 0 Å². The average Bonchev–Trinajstić information content (AvgIpc) is 3.57. The molecule has 1 saturated carbocycles. The second-order valence-corrected chi connectivity index (χ2v) is 8.98. The van der Waals surface area contributed by atoms with Crippen LogP contribution in [0.2, 0.25) is 0 Å². The first-order valence-electron chi connectivity index (χ1n) is 12.1. The van der Waals surface area contributed by atoms with Crippen molar-refractivity contribution in [1.29, 1.82) is 0 Å². The number of nitrogens with one attached hydrogen (secondary N) is 1. The van der Waals surface area contributed by atoms with E-state index in [1.54, 1.807) is 32.2 Å². The van der Waals surface area contributed by atoms with Crippen LogP contribution in [0.4, 0.5) is 5.69 Å². The zero-order valence-corrected chi connectivity index (χ0v) is 21.1. The Morgan fingerprint density at radius 3 is 2.44 bits per heavy atom. The van der Waals surface area contributed by atoms with E-state index in [0.717, 1.165) is 36.8 Å². The Kier molecular flexibility index (Phi) is 7.82. The Morgan fingerprint density at radius 1 is 1.08 bits per heavy atom. The van der Waals surface area contributed by atoms with Crippen molar-refractivity contribution in [3.8, 4) is 22.9 Å². The summed E-state index contributed by atoms with van der Waals surface area (Å²) >= 11 is 0. The zero-order chi connectivity index (χ0) is 25.7. The third-order valence-corrected chi connectivity index (χ3v) is 6.42. The van der Waals surface area contributed by atoms with Crippen LogP contribution in [0.1, 0.15) is 38.2 Å². The minimum Gasteiger partial charge on any atom is -0.493 e. The minimum absolute atomic E-state index is 0.136. The second-order valence-electron chi connectivity index (χ2n) is 8.98. The minimum atomic E-state index is -0.767. The molecule has 1 fully saturated rings. The molecule has 10 heteroatoms. The maximum absolute atomic E-state index is 13.6. The second kappa shape index (κ2) is 11.2. The van der Waals surface area contributed by atoms with Gasteiger partial charge >= 0.3 is 0 Å². The number of carbonyl (C=O) groups is 2. The predicted molar refractivity (Wildman–Crippen MR) is 135 cm³/mol. The van der Waals surface area contributed by atoms with Crippen molar-refractivity contribution in [2.75, 3.05) is 19.1 Å². The fourth-order valence-electron chi connectivity index (χ4n) is 4.39. The quantitative estimate of drug-likeness (QED) is 0.488. The van der Waals surface area contributed by atoms with Gasteiger partial charge in [-0.2, -0.15) is 4.80 Å². The monoisotopic (exact) mass is 492 g/mol. The van der Waals surface area contributed by atoms with Crippen molar-refractivity contribution >= 4 is 17.5 Å². The molecule has 0 unspecified atom stereocenters. The number of rotatable bonds is 9. The van der Waals surface area contributed by atoms with Crippen LogP contribution in [-0.4, -0.2) is 58.3 Å². The summed E-state index contributed by atoms with van der Waals surface area (Å²) in [5.41, 5.74) is 2.43. The van der Waals surface area contributed by atoms with Crippen LogP contribution >= 0.6 is 0 Å². The van der Waals surface area contributed by atoms with Crippen molar-refractivity contribution in [1.82, 2.24) is 25.5 Å². The molecule has 1 atom stereocenters. The largest absolute Gasteiger partial charge is 0.493 e. The number of aromatic nitrogens is 4. The number of ether oxygens (including phenoxy) is 2. The number of nitrogens with zero attached hydrogens (tertiary/aromatic N) is 5. The van der Waals surface area contributed by atoms with Gasteiger partial charge in [-0.25, -0.2) is 0 Å². The molecule has 0 saturated heterocycles. The van der Waals surface area contributed by atoms with Gasteiger partial charge in [0.2, 0.25) is 11.7 Å². The molecule has 0 aliphatic heterocycles. The molecule has 0 bridgehead atoms. The van der Waals surface area contributed by atoms with Crippen molar-refractivity contribution in [2.24, 2.45) is 0 Å². The maximum atomic E-state index is 13.6. The molecule has 2 amide bonds. The van der Waals surface area contributed by atoms with Gasteiger partial charge in [-0.05, 0) is 44.0 Å². The molecule has 1 aromatic heterocycles. The van der Waals surface area contributed by atoms with Gasteiger partial charge in [0.05, 0.1) is 14.2 Å². The highest BCUT2D eigenvalue weighted by Gasteiger charge is 2.30. The number of aryl methyl sites for hydroxylation is 1. The van der Waals surface area contributed by atoms with Gasteiger partial charge in [0, 0.05) is 23.4 Å². The first-order chi connectivity index (χ1) is 17.4. The van der Waals surface area contributed by atoms with E-state index in [0.29, 0.717) is 23.0 Å². The van der Waals surface area contributed by atoms with E-state index < -0.39 is 6.04 Å². The summed E-state index contributed by atoms with van der Waals surface area (Å²) in [7, 11) is 3.07. The molecule has 1 heterocycles. The predicted octanol–water partition coefficient (Wildman–Crippen LogP) is 3.15. The number of tetrazole rings is 1. The number of methoxy groups -OCH3 is 2. The molecular weight excluding hydrogens is 460 g/mol. The number of hydrogen-bond acceptors (Lipinski definition) is 7. The SMILES string of the molecule is COc1ccc(N(C(=O)Cn2nnc(-c3ccc(C)cc3)n2)[C@H](C)C(=O)NC2CCCC2)cc1OC.